The van der Waals surface area contributed by atoms with Gasteiger partial charge in [0.05, 0.1) is 4.92 Å². The average molecular weight is 311 g/mol. The Morgan fingerprint density at radius 3 is 2.62 bits per heavy atom. The molecule has 1 aromatic heterocycles. The minimum absolute atomic E-state index is 0.0578. The number of thioether (sulfide) groups is 1. The van der Waals surface area contributed by atoms with E-state index >= 15 is 0 Å². The Morgan fingerprint density at radius 1 is 1.38 bits per heavy atom. The molecule has 0 atom stereocenters. The fourth-order valence-electron chi connectivity index (χ4n) is 2.82. The lowest BCUT2D eigenvalue weighted by atomic mass is 9.88. The molecule has 0 aromatic carbocycles. The van der Waals surface area contributed by atoms with E-state index in [9.17, 15) is 10.1 Å². The minimum atomic E-state index is -0.455. The van der Waals surface area contributed by atoms with Gasteiger partial charge in [-0.2, -0.15) is 16.7 Å². The first-order chi connectivity index (χ1) is 9.97. The molecule has 3 N–H and O–H groups in total. The molecule has 0 amide bonds. The van der Waals surface area contributed by atoms with Gasteiger partial charge in [-0.25, -0.2) is 4.98 Å². The SMILES string of the molecule is CSC1(CNc2nc(N)nc(C)c2[N+](=O)[O-])CCCCC1. The number of aromatic nitrogens is 2. The zero-order valence-electron chi connectivity index (χ0n) is 12.4. The summed E-state index contributed by atoms with van der Waals surface area (Å²) in [7, 11) is 0. The van der Waals surface area contributed by atoms with Crippen LogP contribution in [0.3, 0.4) is 0 Å². The van der Waals surface area contributed by atoms with E-state index in [1.807, 2.05) is 11.8 Å². The quantitative estimate of drug-likeness (QED) is 0.636. The third-order valence-corrected chi connectivity index (χ3v) is 5.45. The lowest BCUT2D eigenvalue weighted by Crippen LogP contribution is -2.36. The van der Waals surface area contributed by atoms with Crippen LogP contribution in [0, 0.1) is 17.0 Å². The number of nitrogens with one attached hydrogen (secondary N) is 1. The van der Waals surface area contributed by atoms with Crippen LogP contribution in [0.4, 0.5) is 17.5 Å². The van der Waals surface area contributed by atoms with Crippen molar-refractivity contribution in [3.8, 4) is 0 Å². The highest BCUT2D eigenvalue weighted by atomic mass is 32.2. The maximum atomic E-state index is 11.2. The first-order valence-corrected chi connectivity index (χ1v) is 8.27. The van der Waals surface area contributed by atoms with Crippen molar-refractivity contribution in [2.45, 2.75) is 43.8 Å². The van der Waals surface area contributed by atoms with Gasteiger partial charge in [-0.3, -0.25) is 10.1 Å². The van der Waals surface area contributed by atoms with Crippen molar-refractivity contribution in [3.63, 3.8) is 0 Å². The largest absolute Gasteiger partial charge is 0.368 e. The van der Waals surface area contributed by atoms with Gasteiger partial charge in [0.25, 0.3) is 0 Å². The van der Waals surface area contributed by atoms with E-state index in [1.54, 1.807) is 6.92 Å². The van der Waals surface area contributed by atoms with Crippen LogP contribution in [-0.2, 0) is 0 Å². The molecule has 1 aromatic rings. The summed E-state index contributed by atoms with van der Waals surface area (Å²) in [5, 5.41) is 14.3. The maximum Gasteiger partial charge on any atom is 0.332 e. The second-order valence-electron chi connectivity index (χ2n) is 5.42. The predicted octanol–water partition coefficient (Wildman–Crippen LogP) is 2.75. The molecular weight excluding hydrogens is 290 g/mol. The molecule has 1 fully saturated rings. The minimum Gasteiger partial charge on any atom is -0.368 e. The van der Waals surface area contributed by atoms with Gasteiger partial charge in [0.1, 0.15) is 5.69 Å². The number of rotatable bonds is 5. The second-order valence-corrected chi connectivity index (χ2v) is 6.70. The van der Waals surface area contributed by atoms with E-state index in [4.69, 9.17) is 5.73 Å². The highest BCUT2D eigenvalue weighted by Crippen LogP contribution is 2.39. The standard InChI is InChI=1S/C13H21N5O2S/c1-9-10(18(19)20)11(17-12(14)16-9)15-8-13(21-2)6-4-3-5-7-13/h3-8H2,1-2H3,(H3,14,15,16,17). The molecule has 116 valence electrons. The first kappa shape index (κ1) is 15.8. The van der Waals surface area contributed by atoms with Crippen molar-refractivity contribution >= 4 is 29.2 Å². The first-order valence-electron chi connectivity index (χ1n) is 7.05. The summed E-state index contributed by atoms with van der Waals surface area (Å²) in [6.07, 6.45) is 8.01. The predicted molar refractivity (Wildman–Crippen MR) is 85.7 cm³/mol. The molecule has 0 unspecified atom stereocenters. The molecule has 0 spiro atoms. The second kappa shape index (κ2) is 6.46. The van der Waals surface area contributed by atoms with E-state index in [-0.39, 0.29) is 27.9 Å². The van der Waals surface area contributed by atoms with Gasteiger partial charge in [-0.1, -0.05) is 19.3 Å². The summed E-state index contributed by atoms with van der Waals surface area (Å²) in [5.41, 5.74) is 5.81. The van der Waals surface area contributed by atoms with Crippen molar-refractivity contribution in [1.29, 1.82) is 0 Å². The number of hydrogen-bond donors (Lipinski definition) is 2. The lowest BCUT2D eigenvalue weighted by molar-refractivity contribution is -0.385. The topological polar surface area (TPSA) is 107 Å². The van der Waals surface area contributed by atoms with Crippen molar-refractivity contribution < 1.29 is 4.92 Å². The normalized spacial score (nSPS) is 17.4. The zero-order chi connectivity index (χ0) is 15.5. The van der Waals surface area contributed by atoms with Gasteiger partial charge >= 0.3 is 5.69 Å². The van der Waals surface area contributed by atoms with Crippen LogP contribution in [0.15, 0.2) is 0 Å². The van der Waals surface area contributed by atoms with Crippen LogP contribution >= 0.6 is 11.8 Å². The van der Waals surface area contributed by atoms with Crippen LogP contribution in [-0.4, -0.2) is 32.4 Å². The molecular formula is C13H21N5O2S. The van der Waals surface area contributed by atoms with Crippen LogP contribution in [0.5, 0.6) is 0 Å². The molecule has 0 aliphatic heterocycles. The van der Waals surface area contributed by atoms with Gasteiger partial charge in [0.2, 0.25) is 11.8 Å². The fourth-order valence-corrected chi connectivity index (χ4v) is 3.74. The highest BCUT2D eigenvalue weighted by molar-refractivity contribution is 8.00. The molecule has 21 heavy (non-hydrogen) atoms. The third-order valence-electron chi connectivity index (χ3n) is 4.03. The summed E-state index contributed by atoms with van der Waals surface area (Å²) in [5.74, 6) is 0.284. The summed E-state index contributed by atoms with van der Waals surface area (Å²) < 4.78 is 0.125. The molecule has 2 rings (SSSR count). The molecule has 1 heterocycles. The van der Waals surface area contributed by atoms with Crippen molar-refractivity contribution in [2.75, 3.05) is 23.9 Å². The van der Waals surface area contributed by atoms with Crippen LogP contribution in [0.25, 0.3) is 0 Å². The Morgan fingerprint density at radius 2 is 2.05 bits per heavy atom. The van der Waals surface area contributed by atoms with E-state index in [0.717, 1.165) is 12.8 Å². The van der Waals surface area contributed by atoms with Crippen molar-refractivity contribution in [3.05, 3.63) is 15.8 Å². The highest BCUT2D eigenvalue weighted by Gasteiger charge is 2.32. The number of nitrogens with two attached hydrogens (primary N) is 1. The fraction of sp³-hybridized carbons (Fsp3) is 0.692. The van der Waals surface area contributed by atoms with Gasteiger partial charge in [0, 0.05) is 11.3 Å². The molecule has 7 nitrogen and oxygen atoms in total. The Hall–Kier alpha value is -1.57. The van der Waals surface area contributed by atoms with Gasteiger partial charge in [-0.05, 0) is 26.0 Å². The maximum absolute atomic E-state index is 11.2. The van der Waals surface area contributed by atoms with Crippen LogP contribution < -0.4 is 11.1 Å². The van der Waals surface area contributed by atoms with Crippen LogP contribution in [0.2, 0.25) is 0 Å². The van der Waals surface area contributed by atoms with E-state index in [0.29, 0.717) is 6.54 Å². The summed E-state index contributed by atoms with van der Waals surface area (Å²) in [6, 6.07) is 0. The number of aryl methyl sites for hydroxylation is 1. The molecule has 0 bridgehead atoms. The molecule has 1 saturated carbocycles. The van der Waals surface area contributed by atoms with E-state index in [1.165, 1.54) is 19.3 Å². The molecule has 8 heteroatoms. The Balaban J connectivity index is 2.21. The molecule has 0 radical (unpaired) electrons. The Kier molecular flexibility index (Phi) is 4.87. The van der Waals surface area contributed by atoms with Gasteiger partial charge in [0.15, 0.2) is 0 Å². The number of hydrogen-bond acceptors (Lipinski definition) is 7. The third kappa shape index (κ3) is 3.55. The summed E-state index contributed by atoms with van der Waals surface area (Å²) in [6.45, 7) is 2.23. The van der Waals surface area contributed by atoms with Crippen molar-refractivity contribution in [1.82, 2.24) is 9.97 Å². The summed E-state index contributed by atoms with van der Waals surface area (Å²) in [4.78, 5) is 18.6. The number of nitrogen functional groups attached to an aromatic ring is 1. The van der Waals surface area contributed by atoms with Crippen LogP contribution in [0.1, 0.15) is 37.8 Å². The van der Waals surface area contributed by atoms with E-state index in [2.05, 4.69) is 21.5 Å². The van der Waals surface area contributed by atoms with Crippen molar-refractivity contribution in [2.24, 2.45) is 0 Å². The summed E-state index contributed by atoms with van der Waals surface area (Å²) >= 11 is 1.83. The molecule has 1 aliphatic rings. The zero-order valence-corrected chi connectivity index (χ0v) is 13.2. The van der Waals surface area contributed by atoms with Gasteiger partial charge < -0.3 is 11.1 Å². The monoisotopic (exact) mass is 311 g/mol. The smallest absolute Gasteiger partial charge is 0.332 e. The molecule has 0 saturated heterocycles. The Bertz CT molecular complexity index is 532. The number of anilines is 2. The number of nitrogens with zero attached hydrogens (tertiary/aromatic N) is 3. The Labute approximate surface area is 128 Å². The van der Waals surface area contributed by atoms with Gasteiger partial charge in [-0.15, -0.1) is 0 Å². The molecule has 1 aliphatic carbocycles. The average Bonchev–Trinajstić information content (AvgIpc) is 2.45. The van der Waals surface area contributed by atoms with E-state index < -0.39 is 4.92 Å². The lowest BCUT2D eigenvalue weighted by Gasteiger charge is -2.35. The number of nitro groups is 1.